The van der Waals surface area contributed by atoms with Crippen molar-refractivity contribution >= 4 is 50.7 Å². The number of nitrogens with zero attached hydrogens (tertiary/aromatic N) is 3. The summed E-state index contributed by atoms with van der Waals surface area (Å²) >= 11 is 1.45. The molecule has 6 aromatic rings. The van der Waals surface area contributed by atoms with E-state index < -0.39 is 0 Å². The molecule has 184 valence electrons. The molecule has 0 radical (unpaired) electrons. The van der Waals surface area contributed by atoms with Crippen molar-refractivity contribution in [3.63, 3.8) is 0 Å². The lowest BCUT2D eigenvalue weighted by Gasteiger charge is -2.23. The van der Waals surface area contributed by atoms with Crippen molar-refractivity contribution in [2.24, 2.45) is 0 Å². The molecule has 0 spiro atoms. The van der Waals surface area contributed by atoms with E-state index in [1.54, 1.807) is 4.90 Å². The number of aromatic nitrogens is 2. The number of carbonyl (C=O) groups excluding carboxylic acids is 1. The molecule has 4 nitrogen and oxygen atoms in total. The summed E-state index contributed by atoms with van der Waals surface area (Å²) in [4.78, 5) is 25.5. The van der Waals surface area contributed by atoms with Crippen molar-refractivity contribution in [2.75, 3.05) is 10.7 Å². The fourth-order valence-electron chi connectivity index (χ4n) is 4.56. The van der Waals surface area contributed by atoms with Crippen LogP contribution in [0.3, 0.4) is 0 Å². The van der Waals surface area contributed by atoms with Crippen molar-refractivity contribution in [2.45, 2.75) is 11.9 Å². The van der Waals surface area contributed by atoms with Crippen LogP contribution in [0.4, 0.5) is 11.4 Å². The van der Waals surface area contributed by atoms with Gasteiger partial charge in [-0.1, -0.05) is 108 Å². The van der Waals surface area contributed by atoms with Crippen LogP contribution >= 0.6 is 11.8 Å². The number of amides is 1. The average molecular weight is 512 g/mol. The standard InChI is InChI=1S/C33H25N3OS/c1-23-16-18-25(19-17-23)32-34-31-28-15-9-8-10-24(28)20-21-29(31)33(35-32)38-22-30(37)36(26-11-4-2-5-12-26)27-13-6-3-7-14-27/h2-21H,22H2,1H3. The maximum Gasteiger partial charge on any atom is 0.241 e. The molecule has 5 aromatic carbocycles. The first kappa shape index (κ1) is 23.9. The van der Waals surface area contributed by atoms with E-state index in [0.717, 1.165) is 43.6 Å². The van der Waals surface area contributed by atoms with Crippen LogP contribution in [0, 0.1) is 6.92 Å². The maximum atomic E-state index is 13.7. The Bertz CT molecular complexity index is 1700. The molecule has 1 heterocycles. The summed E-state index contributed by atoms with van der Waals surface area (Å²) in [6.45, 7) is 2.07. The van der Waals surface area contributed by atoms with E-state index in [1.807, 2.05) is 84.9 Å². The quantitative estimate of drug-likeness (QED) is 0.128. The van der Waals surface area contributed by atoms with E-state index in [9.17, 15) is 4.79 Å². The maximum absolute atomic E-state index is 13.7. The zero-order chi connectivity index (χ0) is 25.9. The third-order valence-electron chi connectivity index (χ3n) is 6.48. The Morgan fingerprint density at radius 1 is 0.684 bits per heavy atom. The first-order chi connectivity index (χ1) is 18.7. The molecule has 0 fully saturated rings. The second kappa shape index (κ2) is 10.5. The number of hydrogen-bond acceptors (Lipinski definition) is 4. The van der Waals surface area contributed by atoms with Gasteiger partial charge in [-0.25, -0.2) is 9.97 Å². The van der Waals surface area contributed by atoms with Crippen LogP contribution in [0.15, 0.2) is 126 Å². The van der Waals surface area contributed by atoms with Crippen LogP contribution < -0.4 is 4.90 Å². The predicted octanol–water partition coefficient (Wildman–Crippen LogP) is 8.22. The zero-order valence-corrected chi connectivity index (χ0v) is 21.7. The Morgan fingerprint density at radius 3 is 2.00 bits per heavy atom. The summed E-state index contributed by atoms with van der Waals surface area (Å²) < 4.78 is 0. The number of rotatable bonds is 6. The van der Waals surface area contributed by atoms with E-state index in [1.165, 1.54) is 17.3 Å². The van der Waals surface area contributed by atoms with Gasteiger partial charge >= 0.3 is 0 Å². The molecule has 0 atom stereocenters. The molecule has 0 saturated carbocycles. The molecule has 0 aliphatic carbocycles. The molecule has 1 amide bonds. The van der Waals surface area contributed by atoms with E-state index in [-0.39, 0.29) is 11.7 Å². The molecule has 0 unspecified atom stereocenters. The zero-order valence-electron chi connectivity index (χ0n) is 20.9. The van der Waals surface area contributed by atoms with Crippen LogP contribution in [0.5, 0.6) is 0 Å². The summed E-state index contributed by atoms with van der Waals surface area (Å²) in [7, 11) is 0. The lowest BCUT2D eigenvalue weighted by Crippen LogP contribution is -2.27. The van der Waals surface area contributed by atoms with Crippen molar-refractivity contribution < 1.29 is 4.79 Å². The van der Waals surface area contributed by atoms with Crippen molar-refractivity contribution in [1.82, 2.24) is 9.97 Å². The van der Waals surface area contributed by atoms with Gasteiger partial charge in [-0.2, -0.15) is 0 Å². The lowest BCUT2D eigenvalue weighted by molar-refractivity contribution is -0.115. The van der Waals surface area contributed by atoms with Gasteiger partial charge in [0.05, 0.1) is 11.3 Å². The SMILES string of the molecule is Cc1ccc(-c2nc(SCC(=O)N(c3ccccc3)c3ccccc3)c3ccc4ccccc4c3n2)cc1. The van der Waals surface area contributed by atoms with Crippen LogP contribution in [0.25, 0.3) is 33.1 Å². The molecule has 0 aliphatic heterocycles. The minimum atomic E-state index is -0.0168. The third-order valence-corrected chi connectivity index (χ3v) is 7.45. The van der Waals surface area contributed by atoms with E-state index in [0.29, 0.717) is 5.82 Å². The molecule has 5 heteroatoms. The highest BCUT2D eigenvalue weighted by molar-refractivity contribution is 8.00. The minimum absolute atomic E-state index is 0.0168. The predicted molar refractivity (Wildman–Crippen MR) is 158 cm³/mol. The molecular formula is C33H25N3OS. The number of benzene rings is 5. The second-order valence-corrected chi connectivity index (χ2v) is 10.1. The number of para-hydroxylation sites is 2. The Morgan fingerprint density at radius 2 is 1.32 bits per heavy atom. The summed E-state index contributed by atoms with van der Waals surface area (Å²) in [5.41, 5.74) is 4.70. The number of fused-ring (bicyclic) bond motifs is 3. The molecule has 1 aromatic heterocycles. The van der Waals surface area contributed by atoms with Gasteiger partial charge in [0.25, 0.3) is 0 Å². The first-order valence-corrected chi connectivity index (χ1v) is 13.5. The molecule has 6 rings (SSSR count). The Labute approximate surface area is 226 Å². The molecule has 0 saturated heterocycles. The number of aryl methyl sites for hydroxylation is 1. The topological polar surface area (TPSA) is 46.1 Å². The van der Waals surface area contributed by atoms with E-state index in [4.69, 9.17) is 9.97 Å². The molecule has 0 bridgehead atoms. The van der Waals surface area contributed by atoms with Gasteiger partial charge in [-0.3, -0.25) is 9.69 Å². The fraction of sp³-hybridized carbons (Fsp3) is 0.0606. The number of hydrogen-bond donors (Lipinski definition) is 0. The monoisotopic (exact) mass is 511 g/mol. The van der Waals surface area contributed by atoms with Crippen molar-refractivity contribution in [3.05, 3.63) is 127 Å². The normalized spacial score (nSPS) is 11.1. The van der Waals surface area contributed by atoms with Crippen LogP contribution in [-0.2, 0) is 4.79 Å². The lowest BCUT2D eigenvalue weighted by atomic mass is 10.1. The van der Waals surface area contributed by atoms with E-state index in [2.05, 4.69) is 43.3 Å². The Hall–Kier alpha value is -4.48. The van der Waals surface area contributed by atoms with Crippen LogP contribution in [0.2, 0.25) is 0 Å². The smallest absolute Gasteiger partial charge is 0.241 e. The number of anilines is 2. The minimum Gasteiger partial charge on any atom is -0.280 e. The number of carbonyl (C=O) groups is 1. The van der Waals surface area contributed by atoms with Gasteiger partial charge in [0.15, 0.2) is 5.82 Å². The van der Waals surface area contributed by atoms with Gasteiger partial charge < -0.3 is 0 Å². The third kappa shape index (κ3) is 4.76. The van der Waals surface area contributed by atoms with Gasteiger partial charge in [0.2, 0.25) is 5.91 Å². The Kier molecular flexibility index (Phi) is 6.59. The molecule has 0 aliphatic rings. The summed E-state index contributed by atoms with van der Waals surface area (Å²) in [5.74, 6) is 0.874. The highest BCUT2D eigenvalue weighted by atomic mass is 32.2. The van der Waals surface area contributed by atoms with Crippen LogP contribution in [0.1, 0.15) is 5.56 Å². The fourth-order valence-corrected chi connectivity index (χ4v) is 5.42. The molecule has 0 N–H and O–H groups in total. The molecule has 38 heavy (non-hydrogen) atoms. The van der Waals surface area contributed by atoms with Crippen LogP contribution in [-0.4, -0.2) is 21.6 Å². The second-order valence-electron chi connectivity index (χ2n) is 9.09. The van der Waals surface area contributed by atoms with Gasteiger partial charge in [0.1, 0.15) is 5.03 Å². The van der Waals surface area contributed by atoms with Crippen molar-refractivity contribution in [3.8, 4) is 11.4 Å². The highest BCUT2D eigenvalue weighted by Crippen LogP contribution is 2.34. The van der Waals surface area contributed by atoms with Gasteiger partial charge in [-0.05, 0) is 42.6 Å². The molecular weight excluding hydrogens is 486 g/mol. The van der Waals surface area contributed by atoms with Gasteiger partial charge in [-0.15, -0.1) is 0 Å². The van der Waals surface area contributed by atoms with Crippen molar-refractivity contribution in [1.29, 1.82) is 0 Å². The number of thioether (sulfide) groups is 1. The summed E-state index contributed by atoms with van der Waals surface area (Å²) in [6, 6.07) is 40.2. The van der Waals surface area contributed by atoms with E-state index >= 15 is 0 Å². The van der Waals surface area contributed by atoms with Gasteiger partial charge in [0, 0.05) is 27.7 Å². The summed E-state index contributed by atoms with van der Waals surface area (Å²) in [5, 5.41) is 3.94. The first-order valence-electron chi connectivity index (χ1n) is 12.5. The largest absolute Gasteiger partial charge is 0.280 e. The Balaban J connectivity index is 1.41. The highest BCUT2D eigenvalue weighted by Gasteiger charge is 2.20. The summed E-state index contributed by atoms with van der Waals surface area (Å²) in [6.07, 6.45) is 0. The average Bonchev–Trinajstić information content (AvgIpc) is 2.97.